The molecular formula is C37H65Ac2NO12. The van der Waals surface area contributed by atoms with Crippen LogP contribution in [0.15, 0.2) is 11.6 Å². The molecule has 16 atom stereocenters. The van der Waals surface area contributed by atoms with E-state index in [1.807, 2.05) is 25.9 Å². The smallest absolute Gasteiger partial charge is 0.311 e. The van der Waals surface area contributed by atoms with Crippen LogP contribution in [0.1, 0.15) is 94.9 Å². The predicted octanol–water partition coefficient (Wildman–Crippen LogP) is 2.73. The molecule has 296 valence electrons. The standard InChI is InChI=1S/C37H65NO12.2Ac/c1-14-26-35(8,43)16-19(2)28(39)20(3)17-36(9,44)32(50-34-29(40)25(38(11)12)15-21(4)46-34)22(5)30(23(6)33(42)48-26)49-27-18-37(10,45-13)31(41)24(7)47-27;;/h16,20-27,29-32,34,40-41,43-44H,14-15,17-18H2,1-13H3;;/b19-16+;;/t20-,21-,22+,23-,24+,25+,26-,27+,29-,30+,31+,32-,34?,35+,36-,37-;;/m1../s1. The molecule has 0 aromatic rings. The van der Waals surface area contributed by atoms with Crippen molar-refractivity contribution in [2.24, 2.45) is 17.8 Å². The summed E-state index contributed by atoms with van der Waals surface area (Å²) in [6.07, 6.45) is -5.98. The quantitative estimate of drug-likeness (QED) is 0.275. The Kier molecular flexibility index (Phi) is 20.6. The zero-order chi connectivity index (χ0) is 38.1. The summed E-state index contributed by atoms with van der Waals surface area (Å²) in [6, 6.07) is -0.300. The number of methoxy groups -OCH3 is 1. The number of cyclic esters (lactones) is 1. The van der Waals surface area contributed by atoms with Crippen molar-refractivity contribution in [3.8, 4) is 0 Å². The molecule has 0 aliphatic carbocycles. The Balaban J connectivity index is 0.00000676. The second kappa shape index (κ2) is 20.9. The molecule has 3 aliphatic rings. The van der Waals surface area contributed by atoms with Crippen LogP contribution in [-0.2, 0) is 38.0 Å². The summed E-state index contributed by atoms with van der Waals surface area (Å²) >= 11 is 0. The molecule has 0 amide bonds. The molecule has 2 saturated heterocycles. The molecule has 0 bridgehead atoms. The number of likely N-dealkylation sites (N-methyl/N-ethyl adjacent to an activating group) is 1. The van der Waals surface area contributed by atoms with Crippen molar-refractivity contribution in [2.75, 3.05) is 21.2 Å². The topological polar surface area (TPSA) is 174 Å². The summed E-state index contributed by atoms with van der Waals surface area (Å²) < 4.78 is 37.2. The molecule has 3 heterocycles. The fourth-order valence-electron chi connectivity index (χ4n) is 8.09. The van der Waals surface area contributed by atoms with E-state index in [-0.39, 0.29) is 131 Å². The Morgan fingerprint density at radius 1 is 0.962 bits per heavy atom. The van der Waals surface area contributed by atoms with Gasteiger partial charge in [0.1, 0.15) is 23.9 Å². The molecule has 2 radical (unpaired) electrons. The number of hydrogen-bond acceptors (Lipinski definition) is 13. The first-order valence-electron chi connectivity index (χ1n) is 18.1. The summed E-state index contributed by atoms with van der Waals surface area (Å²) in [7, 11) is 5.22. The molecule has 52 heavy (non-hydrogen) atoms. The van der Waals surface area contributed by atoms with Crippen LogP contribution < -0.4 is 0 Å². The van der Waals surface area contributed by atoms with E-state index in [4.69, 9.17) is 28.4 Å². The van der Waals surface area contributed by atoms with Gasteiger partial charge in [0, 0.05) is 120 Å². The molecule has 15 heteroatoms. The number of carbonyl (C=O) groups is 2. The van der Waals surface area contributed by atoms with E-state index in [9.17, 15) is 30.0 Å². The minimum atomic E-state index is -1.73. The maximum atomic E-state index is 14.0. The maximum absolute atomic E-state index is 14.0. The predicted molar refractivity (Wildman–Crippen MR) is 185 cm³/mol. The number of Topliss-reactive ketones (excluding diaryl/α,β-unsaturated/α-hetero) is 1. The number of nitrogens with zero attached hydrogens (tertiary/aromatic N) is 1. The fourth-order valence-corrected chi connectivity index (χ4v) is 8.09. The van der Waals surface area contributed by atoms with Gasteiger partial charge in [-0.15, -0.1) is 0 Å². The first kappa shape index (κ1) is 51.4. The Morgan fingerprint density at radius 2 is 1.56 bits per heavy atom. The van der Waals surface area contributed by atoms with Crippen LogP contribution in [0.4, 0.5) is 0 Å². The molecule has 2 fully saturated rings. The van der Waals surface area contributed by atoms with Gasteiger partial charge in [0.15, 0.2) is 18.4 Å². The number of rotatable bonds is 7. The van der Waals surface area contributed by atoms with Crippen LogP contribution >= 0.6 is 0 Å². The Hall–Kier alpha value is 1.36. The van der Waals surface area contributed by atoms with Gasteiger partial charge in [-0.3, -0.25) is 9.59 Å². The third-order valence-corrected chi connectivity index (χ3v) is 11.2. The summed E-state index contributed by atoms with van der Waals surface area (Å²) in [6.45, 7) is 16.9. The summed E-state index contributed by atoms with van der Waals surface area (Å²) in [5.74, 6) is -3.48. The van der Waals surface area contributed by atoms with E-state index in [1.165, 1.54) is 20.1 Å². The van der Waals surface area contributed by atoms with Crippen molar-refractivity contribution in [1.82, 2.24) is 4.90 Å². The zero-order valence-corrected chi connectivity index (χ0v) is 43.1. The van der Waals surface area contributed by atoms with Crippen molar-refractivity contribution >= 4 is 11.8 Å². The number of aliphatic hydroxyl groups is 4. The number of ether oxygens (including phenoxy) is 6. The van der Waals surface area contributed by atoms with Crippen LogP contribution in [0.5, 0.6) is 0 Å². The number of allylic oxidation sites excluding steroid dienone is 1. The number of aliphatic hydroxyl groups excluding tert-OH is 2. The molecule has 13 nitrogen and oxygen atoms in total. The van der Waals surface area contributed by atoms with E-state index >= 15 is 0 Å². The van der Waals surface area contributed by atoms with E-state index in [0.29, 0.717) is 6.42 Å². The third kappa shape index (κ3) is 12.2. The number of esters is 1. The largest absolute Gasteiger partial charge is 0.459 e. The van der Waals surface area contributed by atoms with Crippen molar-refractivity contribution in [1.29, 1.82) is 0 Å². The van der Waals surface area contributed by atoms with Crippen LogP contribution in [-0.4, -0.2) is 136 Å². The van der Waals surface area contributed by atoms with Crippen molar-refractivity contribution in [3.63, 3.8) is 0 Å². The van der Waals surface area contributed by atoms with Crippen LogP contribution in [0, 0.1) is 106 Å². The first-order chi connectivity index (χ1) is 23.0. The Labute approximate surface area is 382 Å². The average molecular weight is 1170 g/mol. The summed E-state index contributed by atoms with van der Waals surface area (Å²) in [5.41, 5.74) is -4.16. The Morgan fingerprint density at radius 3 is 2.10 bits per heavy atom. The van der Waals surface area contributed by atoms with E-state index < -0.39 is 89.7 Å². The zero-order valence-electron chi connectivity index (χ0n) is 33.6. The van der Waals surface area contributed by atoms with Gasteiger partial charge in [-0.2, -0.15) is 0 Å². The summed E-state index contributed by atoms with van der Waals surface area (Å²) in [4.78, 5) is 29.6. The molecule has 3 aliphatic heterocycles. The van der Waals surface area contributed by atoms with Gasteiger partial charge in [0.25, 0.3) is 0 Å². The van der Waals surface area contributed by atoms with E-state index in [2.05, 4.69) is 0 Å². The third-order valence-electron chi connectivity index (χ3n) is 11.2. The average Bonchev–Trinajstić information content (AvgIpc) is 3.02. The molecule has 3 rings (SSSR count). The minimum absolute atomic E-state index is 0. The van der Waals surface area contributed by atoms with Gasteiger partial charge in [-0.05, 0) is 93.5 Å². The van der Waals surface area contributed by atoms with E-state index in [1.54, 1.807) is 55.4 Å². The molecule has 0 aromatic carbocycles. The SMILES string of the molecule is CC[C@H]1OC(=O)[C@H](C)[C@@H](O[C@H]2C[C@@](C)(OC)[C@@H](O)[C@H](C)O2)[C@H](C)[C@@H](OC2O[C@H](C)C[C@H](N(C)C)[C@H]2O)[C@](C)(O)C[C@@H](C)C(=O)/C(C)=C/[C@]1(C)O.[Ac].[Ac]. The second-order valence-corrected chi connectivity index (χ2v) is 16.0. The first-order valence-corrected chi connectivity index (χ1v) is 18.1. The molecule has 0 aromatic heterocycles. The van der Waals surface area contributed by atoms with E-state index in [0.717, 1.165) is 0 Å². The normalized spacial score (nSPS) is 46.6. The molecule has 0 spiro atoms. The fraction of sp³-hybridized carbons (Fsp3) is 0.892. The number of carbonyl (C=O) groups excluding carboxylic acids is 2. The van der Waals surface area contributed by atoms with Crippen molar-refractivity contribution in [2.45, 2.75) is 173 Å². The molecule has 4 N–H and O–H groups in total. The van der Waals surface area contributed by atoms with Gasteiger partial charge in [-0.25, -0.2) is 0 Å². The Bertz CT molecular complexity index is 1200. The minimum Gasteiger partial charge on any atom is -0.459 e. The summed E-state index contributed by atoms with van der Waals surface area (Å²) in [5, 5.41) is 46.1. The van der Waals surface area contributed by atoms with Crippen LogP contribution in [0.2, 0.25) is 0 Å². The van der Waals surface area contributed by atoms with Gasteiger partial charge in [0.05, 0.1) is 41.5 Å². The number of ketones is 1. The van der Waals surface area contributed by atoms with Crippen LogP contribution in [0.25, 0.3) is 0 Å². The number of hydrogen-bond donors (Lipinski definition) is 4. The monoisotopic (exact) mass is 1170 g/mol. The second-order valence-electron chi connectivity index (χ2n) is 16.0. The van der Waals surface area contributed by atoms with Gasteiger partial charge < -0.3 is 53.7 Å². The maximum Gasteiger partial charge on any atom is 0.311 e. The van der Waals surface area contributed by atoms with Gasteiger partial charge >= 0.3 is 5.97 Å². The van der Waals surface area contributed by atoms with Crippen molar-refractivity contribution in [3.05, 3.63) is 11.6 Å². The molecule has 1 unspecified atom stereocenters. The van der Waals surface area contributed by atoms with Gasteiger partial charge in [0.2, 0.25) is 0 Å². The van der Waals surface area contributed by atoms with Crippen LogP contribution in [0.3, 0.4) is 0 Å². The van der Waals surface area contributed by atoms with Gasteiger partial charge in [-0.1, -0.05) is 20.8 Å². The van der Waals surface area contributed by atoms with Crippen molar-refractivity contribution < 1.29 is 147 Å². The molecule has 0 saturated carbocycles. The molecular weight excluding hydrogens is 1100 g/mol.